The number of rotatable bonds is 6. The summed E-state index contributed by atoms with van der Waals surface area (Å²) in [5.74, 6) is -1.58. The maximum atomic E-state index is 12.8. The van der Waals surface area contributed by atoms with Crippen molar-refractivity contribution in [3.05, 3.63) is 35.9 Å². The van der Waals surface area contributed by atoms with Gasteiger partial charge in [0.15, 0.2) is 0 Å². The lowest BCUT2D eigenvalue weighted by Gasteiger charge is -2.35. The Kier molecular flexibility index (Phi) is 5.64. The number of carboxylic acid groups (broad SMARTS) is 1. The lowest BCUT2D eigenvalue weighted by Crippen LogP contribution is -2.58. The molecule has 0 bridgehead atoms. The summed E-state index contributed by atoms with van der Waals surface area (Å²) >= 11 is 0. The van der Waals surface area contributed by atoms with E-state index in [0.717, 1.165) is 5.56 Å². The Hall–Kier alpha value is -2.17. The van der Waals surface area contributed by atoms with Crippen LogP contribution in [0, 0.1) is 0 Å². The zero-order chi connectivity index (χ0) is 20.5. The summed E-state index contributed by atoms with van der Waals surface area (Å²) in [4.78, 5) is 25.5. The molecular formula is C18H26N4O5S. The first-order valence-corrected chi connectivity index (χ1v) is 10.7. The number of carbonyl (C=O) groups is 2. The molecule has 1 aliphatic heterocycles. The number of urea groups is 1. The Balaban J connectivity index is 1.65. The topological polar surface area (TPSA) is 119 Å². The maximum absolute atomic E-state index is 12.8. The fourth-order valence-corrected chi connectivity index (χ4v) is 5.05. The smallest absolute Gasteiger partial charge is 0.325 e. The van der Waals surface area contributed by atoms with E-state index >= 15 is 0 Å². The zero-order valence-electron chi connectivity index (χ0n) is 16.0. The molecule has 2 aliphatic rings. The molecule has 2 amide bonds. The normalized spacial score (nSPS) is 25.5. The van der Waals surface area contributed by atoms with Crippen LogP contribution in [0.4, 0.5) is 4.79 Å². The molecule has 10 heteroatoms. The Morgan fingerprint density at radius 1 is 1.14 bits per heavy atom. The fraction of sp³-hybridized carbons (Fsp3) is 0.556. The van der Waals surface area contributed by atoms with Crippen molar-refractivity contribution in [3.63, 3.8) is 0 Å². The van der Waals surface area contributed by atoms with Crippen LogP contribution >= 0.6 is 0 Å². The van der Waals surface area contributed by atoms with Gasteiger partial charge in [-0.05, 0) is 25.8 Å². The fourth-order valence-electron chi connectivity index (χ4n) is 3.51. The van der Waals surface area contributed by atoms with E-state index in [2.05, 4.69) is 10.0 Å². The van der Waals surface area contributed by atoms with Gasteiger partial charge in [0.05, 0.1) is 0 Å². The molecule has 0 radical (unpaired) electrons. The molecule has 0 spiro atoms. The molecule has 1 aromatic rings. The van der Waals surface area contributed by atoms with Gasteiger partial charge in [0.1, 0.15) is 5.54 Å². The number of piperazine rings is 1. The van der Waals surface area contributed by atoms with Gasteiger partial charge in [-0.3, -0.25) is 4.79 Å². The van der Waals surface area contributed by atoms with E-state index in [1.165, 1.54) is 4.31 Å². The summed E-state index contributed by atoms with van der Waals surface area (Å²) in [6, 6.07) is 8.80. The van der Waals surface area contributed by atoms with Crippen LogP contribution in [-0.4, -0.2) is 72.5 Å². The molecule has 2 atom stereocenters. The Bertz CT molecular complexity index is 837. The third kappa shape index (κ3) is 4.13. The molecule has 28 heavy (non-hydrogen) atoms. The predicted octanol–water partition coefficient (Wildman–Crippen LogP) is 0.567. The third-order valence-electron chi connectivity index (χ3n) is 5.13. The summed E-state index contributed by atoms with van der Waals surface area (Å²) in [5.41, 5.74) is -0.727. The van der Waals surface area contributed by atoms with Gasteiger partial charge in [-0.25, -0.2) is 4.79 Å². The molecule has 3 rings (SSSR count). The van der Waals surface area contributed by atoms with E-state index in [9.17, 15) is 23.1 Å². The van der Waals surface area contributed by atoms with E-state index in [1.54, 1.807) is 29.2 Å². The van der Waals surface area contributed by atoms with Crippen molar-refractivity contribution in [2.75, 3.05) is 26.2 Å². The second kappa shape index (κ2) is 7.69. The van der Waals surface area contributed by atoms with Crippen molar-refractivity contribution in [2.45, 2.75) is 37.8 Å². The lowest BCUT2D eigenvalue weighted by molar-refractivity contribution is -0.140. The number of benzene rings is 1. The molecule has 0 unspecified atom stereocenters. The molecule has 1 aliphatic carbocycles. The average Bonchev–Trinajstić information content (AvgIpc) is 3.37. The number of aliphatic carboxylic acids is 1. The monoisotopic (exact) mass is 410 g/mol. The quantitative estimate of drug-likeness (QED) is 0.633. The third-order valence-corrected chi connectivity index (χ3v) is 6.80. The Morgan fingerprint density at radius 3 is 2.29 bits per heavy atom. The minimum atomic E-state index is -3.99. The molecule has 1 aromatic carbocycles. The van der Waals surface area contributed by atoms with Crippen LogP contribution in [0.1, 0.15) is 31.7 Å². The van der Waals surface area contributed by atoms with Gasteiger partial charge in [-0.2, -0.15) is 17.4 Å². The average molecular weight is 410 g/mol. The first-order valence-electron chi connectivity index (χ1n) is 9.28. The van der Waals surface area contributed by atoms with E-state index in [0.29, 0.717) is 0 Å². The molecular weight excluding hydrogens is 384 g/mol. The molecule has 2 fully saturated rings. The number of nitrogens with zero attached hydrogens (tertiary/aromatic N) is 2. The Morgan fingerprint density at radius 2 is 1.75 bits per heavy atom. The predicted molar refractivity (Wildman–Crippen MR) is 103 cm³/mol. The van der Waals surface area contributed by atoms with Crippen LogP contribution < -0.4 is 10.0 Å². The summed E-state index contributed by atoms with van der Waals surface area (Å²) in [6.07, 6.45) is 0.211. The number of hydrogen-bond acceptors (Lipinski definition) is 4. The van der Waals surface area contributed by atoms with Crippen molar-refractivity contribution >= 4 is 22.2 Å². The first-order chi connectivity index (χ1) is 13.2. The highest BCUT2D eigenvalue weighted by atomic mass is 32.2. The number of amides is 2. The standard InChI is InChI=1S/C18H26N4O5S/c1-13(2)19-17(25)21-8-10-22(11-9-21)28(26,27)20-18(16(23)24)12-15(18)14-6-4-3-5-7-14/h3-7,13,15,20H,8-12H2,1-2H3,(H,19,25)(H,23,24)/t15-,18+/m1/s1. The summed E-state index contributed by atoms with van der Waals surface area (Å²) in [7, 11) is -3.99. The van der Waals surface area contributed by atoms with Gasteiger partial charge in [0.2, 0.25) is 0 Å². The highest BCUT2D eigenvalue weighted by Crippen LogP contribution is 2.52. The van der Waals surface area contributed by atoms with Crippen LogP contribution in [0.2, 0.25) is 0 Å². The van der Waals surface area contributed by atoms with Gasteiger partial charge in [0.25, 0.3) is 10.2 Å². The highest BCUT2D eigenvalue weighted by molar-refractivity contribution is 7.87. The molecule has 1 saturated heterocycles. The second-order valence-corrected chi connectivity index (χ2v) is 9.21. The lowest BCUT2D eigenvalue weighted by atomic mass is 10.1. The molecule has 1 heterocycles. The van der Waals surface area contributed by atoms with Crippen LogP contribution in [0.25, 0.3) is 0 Å². The van der Waals surface area contributed by atoms with Crippen LogP contribution in [0.3, 0.4) is 0 Å². The molecule has 1 saturated carbocycles. The molecule has 154 valence electrons. The molecule has 9 nitrogen and oxygen atoms in total. The van der Waals surface area contributed by atoms with E-state index < -0.39 is 27.6 Å². The van der Waals surface area contributed by atoms with E-state index in [1.807, 2.05) is 19.9 Å². The highest BCUT2D eigenvalue weighted by Gasteiger charge is 2.63. The molecule has 3 N–H and O–H groups in total. The minimum Gasteiger partial charge on any atom is -0.480 e. The largest absolute Gasteiger partial charge is 0.480 e. The number of carboxylic acids is 1. The van der Waals surface area contributed by atoms with Crippen LogP contribution in [0.15, 0.2) is 30.3 Å². The van der Waals surface area contributed by atoms with Gasteiger partial charge >= 0.3 is 12.0 Å². The van der Waals surface area contributed by atoms with Gasteiger partial charge in [0, 0.05) is 38.1 Å². The van der Waals surface area contributed by atoms with Crippen molar-refractivity contribution in [2.24, 2.45) is 0 Å². The van der Waals surface area contributed by atoms with Crippen molar-refractivity contribution in [3.8, 4) is 0 Å². The van der Waals surface area contributed by atoms with Gasteiger partial charge < -0.3 is 15.3 Å². The first kappa shape index (κ1) is 20.6. The van der Waals surface area contributed by atoms with Gasteiger partial charge in [-0.15, -0.1) is 0 Å². The SMILES string of the molecule is CC(C)NC(=O)N1CCN(S(=O)(=O)N[C@@]2(C(=O)O)C[C@@H]2c2ccccc2)CC1. The second-order valence-electron chi connectivity index (χ2n) is 7.54. The van der Waals surface area contributed by atoms with Crippen molar-refractivity contribution in [1.29, 1.82) is 0 Å². The minimum absolute atomic E-state index is 0.00357. The van der Waals surface area contributed by atoms with Crippen LogP contribution in [0.5, 0.6) is 0 Å². The van der Waals surface area contributed by atoms with E-state index in [-0.39, 0.29) is 44.7 Å². The van der Waals surface area contributed by atoms with Crippen LogP contribution in [-0.2, 0) is 15.0 Å². The summed E-state index contributed by atoms with van der Waals surface area (Å²) in [6.45, 7) is 4.45. The summed E-state index contributed by atoms with van der Waals surface area (Å²) in [5, 5.41) is 12.5. The summed E-state index contributed by atoms with van der Waals surface area (Å²) < 4.78 is 29.2. The molecule has 0 aromatic heterocycles. The Labute approximate surface area is 164 Å². The van der Waals surface area contributed by atoms with Crippen molar-refractivity contribution < 1.29 is 23.1 Å². The van der Waals surface area contributed by atoms with Crippen molar-refractivity contribution in [1.82, 2.24) is 19.2 Å². The van der Waals surface area contributed by atoms with E-state index in [4.69, 9.17) is 0 Å². The zero-order valence-corrected chi connectivity index (χ0v) is 16.8. The van der Waals surface area contributed by atoms with Gasteiger partial charge in [-0.1, -0.05) is 30.3 Å². The number of nitrogens with one attached hydrogen (secondary N) is 2. The number of hydrogen-bond donors (Lipinski definition) is 3. The number of carbonyl (C=O) groups excluding carboxylic acids is 1. The maximum Gasteiger partial charge on any atom is 0.325 e.